The average Bonchev–Trinajstić information content (AvgIpc) is 2.87. The third-order valence-corrected chi connectivity index (χ3v) is 7.52. The molecule has 202 valence electrons. The van der Waals surface area contributed by atoms with Gasteiger partial charge in [0.25, 0.3) is 5.91 Å². The molecule has 8 nitrogen and oxygen atoms in total. The maximum absolute atomic E-state index is 13.4. The Morgan fingerprint density at radius 2 is 1.58 bits per heavy atom. The molecule has 0 bridgehead atoms. The minimum atomic E-state index is -3.82. The van der Waals surface area contributed by atoms with Gasteiger partial charge in [0.2, 0.25) is 15.9 Å². The summed E-state index contributed by atoms with van der Waals surface area (Å²) >= 11 is 0. The molecule has 0 saturated heterocycles. The Morgan fingerprint density at radius 3 is 2.16 bits per heavy atom. The van der Waals surface area contributed by atoms with Crippen molar-refractivity contribution < 1.29 is 27.1 Å². The predicted molar refractivity (Wildman–Crippen MR) is 144 cm³/mol. The highest BCUT2D eigenvalue weighted by Crippen LogP contribution is 2.19. The molecule has 0 saturated carbocycles. The molecule has 0 aliphatic rings. The number of amides is 2. The van der Waals surface area contributed by atoms with Crippen molar-refractivity contribution in [1.82, 2.24) is 9.62 Å². The first kappa shape index (κ1) is 29.0. The minimum absolute atomic E-state index is 0.0316. The molecule has 3 rings (SSSR count). The number of rotatable bonds is 11. The minimum Gasteiger partial charge on any atom is -0.383 e. The summed E-state index contributed by atoms with van der Waals surface area (Å²) < 4.78 is 46.5. The van der Waals surface area contributed by atoms with Crippen LogP contribution in [0.25, 0.3) is 0 Å². The Hall–Kier alpha value is -3.60. The van der Waals surface area contributed by atoms with Crippen molar-refractivity contribution in [2.24, 2.45) is 0 Å². The molecule has 0 heterocycles. The zero-order valence-corrected chi connectivity index (χ0v) is 22.6. The maximum Gasteiger partial charge on any atom is 0.254 e. The molecule has 2 amide bonds. The average molecular weight is 542 g/mol. The summed E-state index contributed by atoms with van der Waals surface area (Å²) in [6, 6.07) is 19.2. The van der Waals surface area contributed by atoms with Gasteiger partial charge in [-0.2, -0.15) is 0 Å². The van der Waals surface area contributed by atoms with Crippen LogP contribution in [0.5, 0.6) is 0 Å². The molecule has 10 heteroatoms. The number of halogens is 1. The first-order chi connectivity index (χ1) is 17.9. The van der Waals surface area contributed by atoms with Crippen LogP contribution >= 0.6 is 0 Å². The molecule has 0 aliphatic heterocycles. The number of benzene rings is 3. The van der Waals surface area contributed by atoms with Gasteiger partial charge in [0.05, 0.1) is 17.0 Å². The van der Waals surface area contributed by atoms with Crippen LogP contribution in [0.1, 0.15) is 29.8 Å². The number of carbonyl (C=O) groups excluding carboxylic acids is 2. The largest absolute Gasteiger partial charge is 0.383 e. The lowest BCUT2D eigenvalue weighted by Crippen LogP contribution is -2.46. The van der Waals surface area contributed by atoms with E-state index < -0.39 is 39.2 Å². The molecule has 38 heavy (non-hydrogen) atoms. The van der Waals surface area contributed by atoms with E-state index >= 15 is 0 Å². The number of sulfonamides is 1. The van der Waals surface area contributed by atoms with Gasteiger partial charge >= 0.3 is 0 Å². The molecule has 3 aromatic carbocycles. The number of ether oxygens (including phenoxy) is 1. The van der Waals surface area contributed by atoms with Crippen molar-refractivity contribution in [1.29, 1.82) is 0 Å². The molecular weight excluding hydrogens is 509 g/mol. The number of anilines is 1. The van der Waals surface area contributed by atoms with Crippen LogP contribution in [0.2, 0.25) is 0 Å². The molecule has 2 N–H and O–H groups in total. The summed E-state index contributed by atoms with van der Waals surface area (Å²) in [6.07, 6.45) is 0.237. The SMILES string of the molecule is COCC(C)(C)NS(=O)(=O)c1ccc(NC(=O)[C@H](Cc2ccccc2)N(C)C(=O)c2ccc(F)cc2)cc1. The molecule has 0 spiro atoms. The van der Waals surface area contributed by atoms with Gasteiger partial charge in [-0.3, -0.25) is 9.59 Å². The number of hydrogen-bond donors (Lipinski definition) is 2. The fraction of sp³-hybridized carbons (Fsp3) is 0.286. The lowest BCUT2D eigenvalue weighted by atomic mass is 10.0. The van der Waals surface area contributed by atoms with Crippen molar-refractivity contribution in [2.45, 2.75) is 36.7 Å². The van der Waals surface area contributed by atoms with Crippen molar-refractivity contribution >= 4 is 27.5 Å². The number of nitrogens with one attached hydrogen (secondary N) is 2. The second-order valence-electron chi connectivity index (χ2n) is 9.56. The van der Waals surface area contributed by atoms with Crippen molar-refractivity contribution in [3.05, 3.63) is 95.8 Å². The Bertz CT molecular complexity index is 1350. The highest BCUT2D eigenvalue weighted by Gasteiger charge is 2.29. The van der Waals surface area contributed by atoms with Gasteiger partial charge in [0.1, 0.15) is 11.9 Å². The third-order valence-electron chi connectivity index (χ3n) is 5.80. The summed E-state index contributed by atoms with van der Waals surface area (Å²) in [5.74, 6) is -1.36. The second-order valence-corrected chi connectivity index (χ2v) is 11.2. The number of nitrogens with zero attached hydrogens (tertiary/aromatic N) is 1. The van der Waals surface area contributed by atoms with Gasteiger partial charge in [-0.1, -0.05) is 30.3 Å². The first-order valence-electron chi connectivity index (χ1n) is 11.9. The molecule has 0 radical (unpaired) electrons. The van der Waals surface area contributed by atoms with Gasteiger partial charge in [-0.05, 0) is 67.9 Å². The van der Waals surface area contributed by atoms with Gasteiger partial charge in [0.15, 0.2) is 0 Å². The van der Waals surface area contributed by atoms with E-state index in [1.807, 2.05) is 30.3 Å². The molecule has 1 atom stereocenters. The van der Waals surface area contributed by atoms with Gasteiger partial charge in [-0.25, -0.2) is 17.5 Å². The van der Waals surface area contributed by atoms with E-state index in [9.17, 15) is 22.4 Å². The molecular formula is C28H32FN3O5S. The van der Waals surface area contributed by atoms with Crippen molar-refractivity contribution in [3.8, 4) is 0 Å². The lowest BCUT2D eigenvalue weighted by Gasteiger charge is -2.28. The molecule has 0 fully saturated rings. The predicted octanol–water partition coefficient (Wildman–Crippen LogP) is 3.85. The summed E-state index contributed by atoms with van der Waals surface area (Å²) in [7, 11) is -0.818. The normalized spacial score (nSPS) is 12.6. The molecule has 3 aromatic rings. The van der Waals surface area contributed by atoms with Gasteiger partial charge in [0, 0.05) is 31.8 Å². The highest BCUT2D eigenvalue weighted by atomic mass is 32.2. The van der Waals surface area contributed by atoms with E-state index in [-0.39, 0.29) is 23.5 Å². The Kier molecular flexibility index (Phi) is 9.37. The molecule has 0 aromatic heterocycles. The second kappa shape index (κ2) is 12.3. The topological polar surface area (TPSA) is 105 Å². The quantitative estimate of drug-likeness (QED) is 0.384. The fourth-order valence-electron chi connectivity index (χ4n) is 3.94. The Balaban J connectivity index is 1.80. The summed E-state index contributed by atoms with van der Waals surface area (Å²) in [4.78, 5) is 27.8. The summed E-state index contributed by atoms with van der Waals surface area (Å²) in [6.45, 7) is 3.60. The van der Waals surface area contributed by atoms with Crippen LogP contribution in [0.3, 0.4) is 0 Å². The van der Waals surface area contributed by atoms with E-state index in [2.05, 4.69) is 10.0 Å². The van der Waals surface area contributed by atoms with Crippen LogP contribution in [0, 0.1) is 5.82 Å². The number of likely N-dealkylation sites (N-methyl/N-ethyl adjacent to an activating group) is 1. The monoisotopic (exact) mass is 541 g/mol. The van der Waals surface area contributed by atoms with Gasteiger partial charge < -0.3 is 15.0 Å². The fourth-order valence-corrected chi connectivity index (χ4v) is 5.34. The van der Waals surface area contributed by atoms with Crippen LogP contribution in [0.4, 0.5) is 10.1 Å². The number of hydrogen-bond acceptors (Lipinski definition) is 5. The zero-order valence-electron chi connectivity index (χ0n) is 21.8. The zero-order chi connectivity index (χ0) is 27.9. The maximum atomic E-state index is 13.4. The number of carbonyl (C=O) groups is 2. The van der Waals surface area contributed by atoms with E-state index in [1.165, 1.54) is 67.6 Å². The summed E-state index contributed by atoms with van der Waals surface area (Å²) in [5.41, 5.74) is 0.647. The van der Waals surface area contributed by atoms with E-state index in [4.69, 9.17) is 4.74 Å². The van der Waals surface area contributed by atoms with Crippen LogP contribution in [-0.2, 0) is 26.0 Å². The smallest absolute Gasteiger partial charge is 0.254 e. The number of methoxy groups -OCH3 is 1. The standard InChI is InChI=1S/C28H32FN3O5S/c1-28(2,19-37-4)31-38(35,36)24-16-14-23(15-17-24)30-26(33)25(18-20-8-6-5-7-9-20)32(3)27(34)21-10-12-22(29)13-11-21/h5-17,25,31H,18-19H2,1-4H3,(H,30,33)/t25-/m0/s1. The van der Waals surface area contributed by atoms with E-state index in [1.54, 1.807) is 13.8 Å². The Morgan fingerprint density at radius 1 is 0.974 bits per heavy atom. The van der Waals surface area contributed by atoms with E-state index in [0.717, 1.165) is 5.56 Å². The van der Waals surface area contributed by atoms with Crippen molar-refractivity contribution in [3.63, 3.8) is 0 Å². The van der Waals surface area contributed by atoms with Crippen molar-refractivity contribution in [2.75, 3.05) is 26.1 Å². The third kappa shape index (κ3) is 7.70. The molecule has 0 unspecified atom stereocenters. The van der Waals surface area contributed by atoms with Crippen LogP contribution in [-0.4, -0.2) is 57.5 Å². The first-order valence-corrected chi connectivity index (χ1v) is 13.4. The Labute approximate surface area is 222 Å². The van der Waals surface area contributed by atoms with Crippen LogP contribution in [0.15, 0.2) is 83.8 Å². The van der Waals surface area contributed by atoms with E-state index in [0.29, 0.717) is 5.69 Å². The molecule has 0 aliphatic carbocycles. The highest BCUT2D eigenvalue weighted by molar-refractivity contribution is 7.89. The van der Waals surface area contributed by atoms with Crippen LogP contribution < -0.4 is 10.0 Å². The lowest BCUT2D eigenvalue weighted by molar-refractivity contribution is -0.120. The van der Waals surface area contributed by atoms with Gasteiger partial charge in [-0.15, -0.1) is 0 Å². The summed E-state index contributed by atoms with van der Waals surface area (Å²) in [5, 5.41) is 2.78.